The minimum Gasteiger partial charge on any atom is -0.550 e. The maximum absolute atomic E-state index is 10.6. The van der Waals surface area contributed by atoms with Crippen LogP contribution < -0.4 is 10.4 Å². The van der Waals surface area contributed by atoms with Crippen LogP contribution in [0.2, 0.25) is 0 Å². The summed E-state index contributed by atoms with van der Waals surface area (Å²) in [7, 11) is 0. The highest BCUT2D eigenvalue weighted by Gasteiger charge is 1.93. The van der Waals surface area contributed by atoms with Crippen molar-refractivity contribution in [2.45, 2.75) is 25.7 Å². The average molecular weight is 184 g/mol. The van der Waals surface area contributed by atoms with Gasteiger partial charge in [-0.2, -0.15) is 0 Å². The molecule has 74 valence electrons. The van der Waals surface area contributed by atoms with Gasteiger partial charge in [-0.3, -0.25) is 4.79 Å². The standard InChI is InChI=1S/C9H15NO3/c1-2-8(11)10-7-5-3-4-6-9(12)13/h2H,1,3-7H2,(H,10,11)(H,12,13)/p-1. The summed E-state index contributed by atoms with van der Waals surface area (Å²) in [6.07, 6.45) is 3.47. The zero-order chi connectivity index (χ0) is 10.1. The van der Waals surface area contributed by atoms with Gasteiger partial charge in [-0.25, -0.2) is 0 Å². The highest BCUT2D eigenvalue weighted by Crippen LogP contribution is 1.97. The zero-order valence-electron chi connectivity index (χ0n) is 7.54. The normalized spacial score (nSPS) is 9.23. The van der Waals surface area contributed by atoms with Crippen molar-refractivity contribution in [1.29, 1.82) is 0 Å². The van der Waals surface area contributed by atoms with Crippen LogP contribution in [0.25, 0.3) is 0 Å². The van der Waals surface area contributed by atoms with E-state index in [0.717, 1.165) is 12.8 Å². The molecule has 0 spiro atoms. The predicted octanol–water partition coefficient (Wildman–Crippen LogP) is -0.401. The third kappa shape index (κ3) is 8.59. The molecule has 0 bridgehead atoms. The molecule has 0 aliphatic carbocycles. The second kappa shape index (κ2) is 7.34. The van der Waals surface area contributed by atoms with Crippen LogP contribution in [0.5, 0.6) is 0 Å². The van der Waals surface area contributed by atoms with Crippen LogP contribution in [0.1, 0.15) is 25.7 Å². The summed E-state index contributed by atoms with van der Waals surface area (Å²) in [5.41, 5.74) is 0. The predicted molar refractivity (Wildman–Crippen MR) is 46.7 cm³/mol. The third-order valence-electron chi connectivity index (χ3n) is 1.54. The molecule has 0 radical (unpaired) electrons. The maximum Gasteiger partial charge on any atom is 0.243 e. The van der Waals surface area contributed by atoms with Crippen molar-refractivity contribution in [3.8, 4) is 0 Å². The number of rotatable bonds is 7. The summed E-state index contributed by atoms with van der Waals surface area (Å²) in [6, 6.07) is 0. The molecule has 4 nitrogen and oxygen atoms in total. The Labute approximate surface area is 77.6 Å². The molecule has 0 aromatic carbocycles. The molecular weight excluding hydrogens is 170 g/mol. The Bertz CT molecular complexity index is 189. The Morgan fingerprint density at radius 2 is 2.00 bits per heavy atom. The van der Waals surface area contributed by atoms with Gasteiger partial charge < -0.3 is 15.2 Å². The minimum atomic E-state index is -1.02. The van der Waals surface area contributed by atoms with Gasteiger partial charge in [0.1, 0.15) is 0 Å². The van der Waals surface area contributed by atoms with E-state index >= 15 is 0 Å². The molecule has 0 aromatic heterocycles. The SMILES string of the molecule is C=CC(=O)NCCCCCC(=O)[O-]. The number of carbonyl (C=O) groups is 2. The van der Waals surface area contributed by atoms with E-state index < -0.39 is 5.97 Å². The molecular formula is C9H14NO3-. The molecule has 0 heterocycles. The molecule has 1 N–H and O–H groups in total. The van der Waals surface area contributed by atoms with E-state index in [1.807, 2.05) is 0 Å². The first-order chi connectivity index (χ1) is 6.16. The van der Waals surface area contributed by atoms with Crippen LogP contribution in [-0.2, 0) is 9.59 Å². The fraction of sp³-hybridized carbons (Fsp3) is 0.556. The van der Waals surface area contributed by atoms with Crippen LogP contribution in [0, 0.1) is 0 Å². The second-order valence-corrected chi connectivity index (χ2v) is 2.68. The Morgan fingerprint density at radius 1 is 1.31 bits per heavy atom. The summed E-state index contributed by atoms with van der Waals surface area (Å²) < 4.78 is 0. The Balaban J connectivity index is 3.12. The van der Waals surface area contributed by atoms with E-state index in [4.69, 9.17) is 0 Å². The number of nitrogens with one attached hydrogen (secondary N) is 1. The monoisotopic (exact) mass is 184 g/mol. The number of carbonyl (C=O) groups excluding carboxylic acids is 2. The first-order valence-electron chi connectivity index (χ1n) is 4.27. The summed E-state index contributed by atoms with van der Waals surface area (Å²) in [6.45, 7) is 3.87. The molecule has 0 saturated carbocycles. The molecule has 0 aromatic rings. The molecule has 0 aliphatic heterocycles. The van der Waals surface area contributed by atoms with Crippen LogP contribution in [0.3, 0.4) is 0 Å². The number of carboxylic acids is 1. The van der Waals surface area contributed by atoms with Gasteiger partial charge in [0, 0.05) is 12.5 Å². The number of hydrogen-bond acceptors (Lipinski definition) is 3. The average Bonchev–Trinajstić information content (AvgIpc) is 2.10. The van der Waals surface area contributed by atoms with Crippen molar-refractivity contribution >= 4 is 11.9 Å². The fourth-order valence-corrected chi connectivity index (χ4v) is 0.855. The molecule has 13 heavy (non-hydrogen) atoms. The van der Waals surface area contributed by atoms with Gasteiger partial charge in [0.25, 0.3) is 0 Å². The summed E-state index contributed by atoms with van der Waals surface area (Å²) in [4.78, 5) is 20.6. The molecule has 0 saturated heterocycles. The van der Waals surface area contributed by atoms with Gasteiger partial charge in [0.2, 0.25) is 5.91 Å². The molecule has 0 unspecified atom stereocenters. The van der Waals surface area contributed by atoms with Gasteiger partial charge in [-0.1, -0.05) is 13.0 Å². The Kier molecular flexibility index (Phi) is 6.59. The second-order valence-electron chi connectivity index (χ2n) is 2.68. The third-order valence-corrected chi connectivity index (χ3v) is 1.54. The maximum atomic E-state index is 10.6. The lowest BCUT2D eigenvalue weighted by Crippen LogP contribution is -2.23. The van der Waals surface area contributed by atoms with Crippen LogP contribution in [-0.4, -0.2) is 18.4 Å². The van der Waals surface area contributed by atoms with E-state index in [1.165, 1.54) is 6.08 Å². The molecule has 4 heteroatoms. The first-order valence-corrected chi connectivity index (χ1v) is 4.27. The molecule has 1 amide bonds. The van der Waals surface area contributed by atoms with Gasteiger partial charge in [-0.15, -0.1) is 0 Å². The van der Waals surface area contributed by atoms with E-state index in [9.17, 15) is 14.7 Å². The lowest BCUT2D eigenvalue weighted by atomic mass is 10.2. The van der Waals surface area contributed by atoms with Crippen LogP contribution in [0.15, 0.2) is 12.7 Å². The number of carboxylic acid groups (broad SMARTS) is 1. The van der Waals surface area contributed by atoms with E-state index in [2.05, 4.69) is 11.9 Å². The smallest absolute Gasteiger partial charge is 0.243 e. The van der Waals surface area contributed by atoms with Crippen molar-refractivity contribution in [3.05, 3.63) is 12.7 Å². The Hall–Kier alpha value is -1.32. The summed E-state index contributed by atoms with van der Waals surface area (Å²) in [5.74, 6) is -1.21. The topological polar surface area (TPSA) is 69.2 Å². The van der Waals surface area contributed by atoms with Crippen LogP contribution >= 0.6 is 0 Å². The van der Waals surface area contributed by atoms with Crippen molar-refractivity contribution in [3.63, 3.8) is 0 Å². The summed E-state index contributed by atoms with van der Waals surface area (Å²) >= 11 is 0. The molecule has 0 atom stereocenters. The van der Waals surface area contributed by atoms with E-state index in [-0.39, 0.29) is 12.3 Å². The van der Waals surface area contributed by atoms with Gasteiger partial charge in [0.05, 0.1) is 0 Å². The number of aliphatic carboxylic acids is 1. The highest BCUT2D eigenvalue weighted by atomic mass is 16.4. The van der Waals surface area contributed by atoms with Gasteiger partial charge >= 0.3 is 0 Å². The van der Waals surface area contributed by atoms with Crippen molar-refractivity contribution < 1.29 is 14.7 Å². The number of hydrogen-bond donors (Lipinski definition) is 1. The quantitative estimate of drug-likeness (QED) is 0.432. The number of amides is 1. The van der Waals surface area contributed by atoms with E-state index in [0.29, 0.717) is 13.0 Å². The minimum absolute atomic E-state index is 0.0927. The molecule has 0 rings (SSSR count). The first kappa shape index (κ1) is 11.7. The van der Waals surface area contributed by atoms with Crippen molar-refractivity contribution in [2.75, 3.05) is 6.54 Å². The lowest BCUT2D eigenvalue weighted by molar-refractivity contribution is -0.305. The fourth-order valence-electron chi connectivity index (χ4n) is 0.855. The van der Waals surface area contributed by atoms with Crippen molar-refractivity contribution in [2.24, 2.45) is 0 Å². The zero-order valence-corrected chi connectivity index (χ0v) is 7.54. The van der Waals surface area contributed by atoms with E-state index in [1.54, 1.807) is 0 Å². The highest BCUT2D eigenvalue weighted by molar-refractivity contribution is 5.86. The summed E-state index contributed by atoms with van der Waals surface area (Å²) in [5, 5.41) is 12.6. The van der Waals surface area contributed by atoms with Gasteiger partial charge in [0.15, 0.2) is 0 Å². The van der Waals surface area contributed by atoms with Crippen molar-refractivity contribution in [1.82, 2.24) is 5.32 Å². The van der Waals surface area contributed by atoms with Gasteiger partial charge in [-0.05, 0) is 25.3 Å². The molecule has 0 aliphatic rings. The van der Waals surface area contributed by atoms with Crippen LogP contribution in [0.4, 0.5) is 0 Å². The number of unbranched alkanes of at least 4 members (excludes halogenated alkanes) is 2. The largest absolute Gasteiger partial charge is 0.550 e. The lowest BCUT2D eigenvalue weighted by Gasteiger charge is -2.02. The molecule has 0 fully saturated rings. The Morgan fingerprint density at radius 3 is 2.54 bits per heavy atom.